The molecule has 0 heterocycles. The minimum atomic E-state index is -0.511. The molecule has 0 unspecified atom stereocenters. The van der Waals surface area contributed by atoms with Crippen LogP contribution in [0.3, 0.4) is 0 Å². The monoisotopic (exact) mass is 384 g/mol. The van der Waals surface area contributed by atoms with Gasteiger partial charge in [0, 0.05) is 33.9 Å². The lowest BCUT2D eigenvalue weighted by Crippen LogP contribution is -2.57. The number of alkyl carbamates (subject to hydrolysis) is 1. The molecule has 1 amide bonds. The van der Waals surface area contributed by atoms with Gasteiger partial charge >= 0.3 is 6.09 Å². The van der Waals surface area contributed by atoms with Gasteiger partial charge in [0.25, 0.3) is 0 Å². The van der Waals surface area contributed by atoms with Crippen molar-refractivity contribution in [3.05, 3.63) is 0 Å². The van der Waals surface area contributed by atoms with Gasteiger partial charge in [0.15, 0.2) is 5.96 Å². The number of hydrogen-bond donors (Lipinski definition) is 3. The number of guanidine groups is 1. The van der Waals surface area contributed by atoms with Crippen molar-refractivity contribution in [2.24, 2.45) is 10.4 Å². The molecule has 0 bridgehead atoms. The van der Waals surface area contributed by atoms with Gasteiger partial charge in [-0.15, -0.1) is 0 Å². The molecule has 1 rings (SSSR count). The molecular formula is C20H40N4O3. The number of ether oxygens (including phenoxy) is 2. The van der Waals surface area contributed by atoms with Crippen LogP contribution in [-0.4, -0.2) is 57.0 Å². The standard InChI is InChI=1S/C20H40N4O3/c1-8-20(9-2,24-17(25)27-18(3,4)5)15-23-16(21-6)22-14-19(10-11-19)12-13-26-7/h8-15H2,1-7H3,(H,24,25)(H2,21,22,23). The second kappa shape index (κ2) is 10.2. The van der Waals surface area contributed by atoms with E-state index in [1.165, 1.54) is 12.8 Å². The summed E-state index contributed by atoms with van der Waals surface area (Å²) in [6.07, 6.45) is 4.74. The van der Waals surface area contributed by atoms with Crippen LogP contribution in [0.2, 0.25) is 0 Å². The first-order valence-electron chi connectivity index (χ1n) is 10.1. The van der Waals surface area contributed by atoms with Crippen molar-refractivity contribution in [3.63, 3.8) is 0 Å². The fraction of sp³-hybridized carbons (Fsp3) is 0.900. The molecule has 0 radical (unpaired) electrons. The Bertz CT molecular complexity index is 492. The lowest BCUT2D eigenvalue weighted by molar-refractivity contribution is 0.0448. The van der Waals surface area contributed by atoms with Gasteiger partial charge in [0.2, 0.25) is 0 Å². The van der Waals surface area contributed by atoms with E-state index in [1.54, 1.807) is 14.2 Å². The summed E-state index contributed by atoms with van der Waals surface area (Å²) in [4.78, 5) is 16.6. The summed E-state index contributed by atoms with van der Waals surface area (Å²) >= 11 is 0. The Labute approximate surface area is 165 Å². The van der Waals surface area contributed by atoms with Gasteiger partial charge in [-0.3, -0.25) is 4.99 Å². The summed E-state index contributed by atoms with van der Waals surface area (Å²) in [5, 5.41) is 9.86. The van der Waals surface area contributed by atoms with Gasteiger partial charge in [0.1, 0.15) is 5.60 Å². The lowest BCUT2D eigenvalue weighted by atomic mass is 9.93. The van der Waals surface area contributed by atoms with E-state index in [0.29, 0.717) is 12.0 Å². The van der Waals surface area contributed by atoms with Crippen LogP contribution in [0.25, 0.3) is 0 Å². The maximum atomic E-state index is 12.3. The fourth-order valence-corrected chi connectivity index (χ4v) is 3.00. The number of methoxy groups -OCH3 is 1. The van der Waals surface area contributed by atoms with Crippen LogP contribution in [0, 0.1) is 5.41 Å². The van der Waals surface area contributed by atoms with Crippen molar-refractivity contribution in [1.82, 2.24) is 16.0 Å². The average molecular weight is 385 g/mol. The van der Waals surface area contributed by atoms with Crippen LogP contribution in [0.4, 0.5) is 4.79 Å². The van der Waals surface area contributed by atoms with Crippen LogP contribution in [0.5, 0.6) is 0 Å². The highest BCUT2D eigenvalue weighted by molar-refractivity contribution is 5.80. The number of nitrogens with zero attached hydrogens (tertiary/aromatic N) is 1. The van der Waals surface area contributed by atoms with E-state index in [1.807, 2.05) is 20.8 Å². The normalized spacial score (nSPS) is 16.6. The molecule has 0 saturated heterocycles. The van der Waals surface area contributed by atoms with Gasteiger partial charge in [-0.25, -0.2) is 4.79 Å². The molecule has 1 aliphatic rings. The maximum absolute atomic E-state index is 12.3. The third-order valence-electron chi connectivity index (χ3n) is 5.36. The molecular weight excluding hydrogens is 344 g/mol. The smallest absolute Gasteiger partial charge is 0.408 e. The van der Waals surface area contributed by atoms with Crippen molar-refractivity contribution < 1.29 is 14.3 Å². The Morgan fingerprint density at radius 2 is 1.78 bits per heavy atom. The van der Waals surface area contributed by atoms with Crippen LogP contribution < -0.4 is 16.0 Å². The molecule has 0 atom stereocenters. The highest BCUT2D eigenvalue weighted by atomic mass is 16.6. The van der Waals surface area contributed by atoms with Gasteiger partial charge in [-0.2, -0.15) is 0 Å². The minimum absolute atomic E-state index is 0.342. The Hall–Kier alpha value is -1.50. The van der Waals surface area contributed by atoms with Crippen molar-refractivity contribution in [2.75, 3.05) is 33.9 Å². The van der Waals surface area contributed by atoms with Gasteiger partial charge in [-0.05, 0) is 58.3 Å². The number of aliphatic imine (C=N–C) groups is 1. The minimum Gasteiger partial charge on any atom is -0.444 e. The highest BCUT2D eigenvalue weighted by Crippen LogP contribution is 2.48. The first kappa shape index (κ1) is 23.5. The molecule has 1 fully saturated rings. The fourth-order valence-electron chi connectivity index (χ4n) is 3.00. The van der Waals surface area contributed by atoms with Crippen molar-refractivity contribution in [2.45, 2.75) is 77.9 Å². The first-order valence-corrected chi connectivity index (χ1v) is 10.1. The number of amides is 1. The Kier molecular flexibility index (Phi) is 8.85. The Balaban J connectivity index is 2.56. The number of carbonyl (C=O) groups is 1. The molecule has 0 aromatic carbocycles. The number of carbonyl (C=O) groups excluding carboxylic acids is 1. The predicted molar refractivity (Wildman–Crippen MR) is 110 cm³/mol. The van der Waals surface area contributed by atoms with E-state index in [2.05, 4.69) is 34.8 Å². The van der Waals surface area contributed by atoms with E-state index in [4.69, 9.17) is 9.47 Å². The Morgan fingerprint density at radius 3 is 2.22 bits per heavy atom. The number of rotatable bonds is 10. The molecule has 7 heteroatoms. The zero-order valence-corrected chi connectivity index (χ0v) is 18.3. The van der Waals surface area contributed by atoms with Gasteiger partial charge < -0.3 is 25.4 Å². The highest BCUT2D eigenvalue weighted by Gasteiger charge is 2.42. The SMILES string of the molecule is CCC(CC)(CNC(=NC)NCC1(CCOC)CC1)NC(=O)OC(C)(C)C. The van der Waals surface area contributed by atoms with E-state index < -0.39 is 5.60 Å². The van der Waals surface area contributed by atoms with E-state index in [9.17, 15) is 4.79 Å². The van der Waals surface area contributed by atoms with Crippen molar-refractivity contribution in [1.29, 1.82) is 0 Å². The summed E-state index contributed by atoms with van der Waals surface area (Å²) in [7, 11) is 3.52. The van der Waals surface area contributed by atoms with Crippen LogP contribution in [-0.2, 0) is 9.47 Å². The summed E-state index contributed by atoms with van der Waals surface area (Å²) in [6.45, 7) is 12.0. The first-order chi connectivity index (χ1) is 12.6. The molecule has 3 N–H and O–H groups in total. The predicted octanol–water partition coefficient (Wildman–Crippen LogP) is 3.05. The third kappa shape index (κ3) is 8.37. The molecule has 0 aliphatic heterocycles. The van der Waals surface area contributed by atoms with Gasteiger partial charge in [-0.1, -0.05) is 13.8 Å². The summed E-state index contributed by atoms with van der Waals surface area (Å²) < 4.78 is 10.7. The summed E-state index contributed by atoms with van der Waals surface area (Å²) in [5.41, 5.74) is -0.550. The maximum Gasteiger partial charge on any atom is 0.408 e. The van der Waals surface area contributed by atoms with Crippen molar-refractivity contribution in [3.8, 4) is 0 Å². The molecule has 7 nitrogen and oxygen atoms in total. The summed E-state index contributed by atoms with van der Waals surface area (Å²) in [5.74, 6) is 0.760. The molecule has 0 aromatic rings. The second-order valence-corrected chi connectivity index (χ2v) is 8.64. The topological polar surface area (TPSA) is 84.0 Å². The lowest BCUT2D eigenvalue weighted by Gasteiger charge is -2.34. The van der Waals surface area contributed by atoms with E-state index in [-0.39, 0.29) is 11.6 Å². The van der Waals surface area contributed by atoms with Crippen LogP contribution in [0.15, 0.2) is 4.99 Å². The van der Waals surface area contributed by atoms with Crippen molar-refractivity contribution >= 4 is 12.1 Å². The molecule has 0 aromatic heterocycles. The zero-order valence-electron chi connectivity index (χ0n) is 18.3. The Morgan fingerprint density at radius 1 is 1.15 bits per heavy atom. The molecule has 1 saturated carbocycles. The number of nitrogens with one attached hydrogen (secondary N) is 3. The molecule has 1 aliphatic carbocycles. The van der Waals surface area contributed by atoms with Crippen LogP contribution in [0.1, 0.15) is 66.7 Å². The largest absolute Gasteiger partial charge is 0.444 e. The molecule has 27 heavy (non-hydrogen) atoms. The quantitative estimate of drug-likeness (QED) is 0.398. The zero-order chi connectivity index (χ0) is 20.6. The number of hydrogen-bond acceptors (Lipinski definition) is 4. The van der Waals surface area contributed by atoms with E-state index in [0.717, 1.165) is 38.4 Å². The molecule has 158 valence electrons. The molecule has 0 spiro atoms. The average Bonchev–Trinajstić information content (AvgIpc) is 3.37. The van der Waals surface area contributed by atoms with E-state index >= 15 is 0 Å². The second-order valence-electron chi connectivity index (χ2n) is 8.64. The van der Waals surface area contributed by atoms with Gasteiger partial charge in [0.05, 0.1) is 5.54 Å². The summed E-state index contributed by atoms with van der Waals surface area (Å²) in [6, 6.07) is 0. The van der Waals surface area contributed by atoms with Crippen LogP contribution >= 0.6 is 0 Å². The third-order valence-corrected chi connectivity index (χ3v) is 5.36.